The van der Waals surface area contributed by atoms with Crippen molar-refractivity contribution in [3.63, 3.8) is 0 Å². The Kier molecular flexibility index (Phi) is 5.11. The van der Waals surface area contributed by atoms with Gasteiger partial charge in [-0.2, -0.15) is 0 Å². The van der Waals surface area contributed by atoms with Crippen molar-refractivity contribution in [2.75, 3.05) is 13.6 Å². The number of fused-ring (bicyclic) bond motifs is 1. The second-order valence-electron chi connectivity index (χ2n) is 6.40. The molecule has 0 atom stereocenters. The van der Waals surface area contributed by atoms with Crippen molar-refractivity contribution >= 4 is 17.7 Å². The zero-order valence-corrected chi connectivity index (χ0v) is 14.9. The number of imide groups is 1. The fraction of sp³-hybridized carbons (Fsp3) is 0.300. The molecule has 2 heterocycles. The number of pyridine rings is 1. The molecule has 6 heteroatoms. The molecule has 0 aliphatic carbocycles. The Morgan fingerprint density at radius 1 is 1.15 bits per heavy atom. The smallest absolute Gasteiger partial charge is 0.261 e. The molecule has 0 saturated carbocycles. The summed E-state index contributed by atoms with van der Waals surface area (Å²) < 4.78 is 0. The number of aromatic nitrogens is 1. The Bertz CT molecular complexity index is 849. The summed E-state index contributed by atoms with van der Waals surface area (Å²) in [6.45, 7) is 2.83. The molecule has 3 rings (SSSR count). The van der Waals surface area contributed by atoms with Gasteiger partial charge < -0.3 is 4.90 Å². The van der Waals surface area contributed by atoms with Gasteiger partial charge in [0.15, 0.2) is 0 Å². The van der Waals surface area contributed by atoms with E-state index in [-0.39, 0.29) is 17.7 Å². The molecule has 3 amide bonds. The van der Waals surface area contributed by atoms with E-state index in [0.717, 1.165) is 18.4 Å². The average molecular weight is 351 g/mol. The summed E-state index contributed by atoms with van der Waals surface area (Å²) in [6.07, 6.45) is 5.06. The van der Waals surface area contributed by atoms with Crippen LogP contribution in [0.4, 0.5) is 0 Å². The second kappa shape index (κ2) is 7.47. The average Bonchev–Trinajstić information content (AvgIpc) is 2.90. The summed E-state index contributed by atoms with van der Waals surface area (Å²) in [4.78, 5) is 44.5. The number of amides is 3. The number of benzene rings is 1. The molecule has 1 aromatic heterocycles. The van der Waals surface area contributed by atoms with Crippen molar-refractivity contribution in [1.29, 1.82) is 0 Å². The predicted octanol–water partition coefficient (Wildman–Crippen LogP) is 2.75. The van der Waals surface area contributed by atoms with E-state index in [1.807, 2.05) is 19.1 Å². The van der Waals surface area contributed by atoms with Gasteiger partial charge in [0.2, 0.25) is 0 Å². The maximum atomic E-state index is 12.7. The van der Waals surface area contributed by atoms with Crippen LogP contribution in [0, 0.1) is 0 Å². The lowest BCUT2D eigenvalue weighted by Crippen LogP contribution is -2.30. The van der Waals surface area contributed by atoms with Gasteiger partial charge in [0.05, 0.1) is 11.1 Å². The molecule has 0 N–H and O–H groups in total. The molecular formula is C20H21N3O3. The summed E-state index contributed by atoms with van der Waals surface area (Å²) in [5.41, 5.74) is 2.00. The van der Waals surface area contributed by atoms with Crippen LogP contribution in [0.25, 0.3) is 0 Å². The Morgan fingerprint density at radius 3 is 2.62 bits per heavy atom. The first-order valence-electron chi connectivity index (χ1n) is 8.67. The van der Waals surface area contributed by atoms with Gasteiger partial charge in [-0.3, -0.25) is 24.3 Å². The van der Waals surface area contributed by atoms with Gasteiger partial charge in [0.25, 0.3) is 17.7 Å². The first-order chi connectivity index (χ1) is 12.5. The fourth-order valence-corrected chi connectivity index (χ4v) is 3.00. The monoisotopic (exact) mass is 351 g/mol. The van der Waals surface area contributed by atoms with Crippen LogP contribution in [0.15, 0.2) is 42.7 Å². The minimum absolute atomic E-state index is 0.205. The second-order valence-corrected chi connectivity index (χ2v) is 6.40. The SMILES string of the molecule is CCCCN1C(=O)c2ccc(C(=O)N(C)Cc3cccnc3)cc2C1=O. The van der Waals surface area contributed by atoms with E-state index in [1.54, 1.807) is 36.5 Å². The molecule has 0 bridgehead atoms. The Morgan fingerprint density at radius 2 is 1.92 bits per heavy atom. The lowest BCUT2D eigenvalue weighted by Gasteiger charge is -2.17. The summed E-state index contributed by atoms with van der Waals surface area (Å²) in [7, 11) is 1.70. The van der Waals surface area contributed by atoms with Gasteiger partial charge >= 0.3 is 0 Å². The summed E-state index contributed by atoms with van der Waals surface area (Å²) in [5.74, 6) is -0.798. The van der Waals surface area contributed by atoms with Crippen molar-refractivity contribution in [1.82, 2.24) is 14.8 Å². The number of hydrogen-bond donors (Lipinski definition) is 0. The van der Waals surface area contributed by atoms with E-state index in [4.69, 9.17) is 0 Å². The summed E-state index contributed by atoms with van der Waals surface area (Å²) in [6, 6.07) is 8.43. The highest BCUT2D eigenvalue weighted by Gasteiger charge is 2.35. The van der Waals surface area contributed by atoms with E-state index in [9.17, 15) is 14.4 Å². The van der Waals surface area contributed by atoms with E-state index in [1.165, 1.54) is 11.0 Å². The fourth-order valence-electron chi connectivity index (χ4n) is 3.00. The number of rotatable bonds is 6. The molecule has 0 fully saturated rings. The standard InChI is InChI=1S/C20H21N3O3/c1-3-4-10-23-19(25)16-8-7-15(11-17(16)20(23)26)18(24)22(2)13-14-6-5-9-21-12-14/h5-9,11-12H,3-4,10,13H2,1-2H3. The molecule has 6 nitrogen and oxygen atoms in total. The zero-order valence-electron chi connectivity index (χ0n) is 14.9. The topological polar surface area (TPSA) is 70.6 Å². The van der Waals surface area contributed by atoms with Crippen molar-refractivity contribution in [3.05, 3.63) is 65.0 Å². The van der Waals surface area contributed by atoms with Crippen molar-refractivity contribution < 1.29 is 14.4 Å². The van der Waals surface area contributed by atoms with Crippen molar-refractivity contribution in [2.24, 2.45) is 0 Å². The third-order valence-electron chi connectivity index (χ3n) is 4.44. The molecule has 2 aromatic rings. The predicted molar refractivity (Wildman–Crippen MR) is 96.8 cm³/mol. The van der Waals surface area contributed by atoms with Crippen LogP contribution >= 0.6 is 0 Å². The highest BCUT2D eigenvalue weighted by atomic mass is 16.2. The van der Waals surface area contributed by atoms with Gasteiger partial charge in [-0.05, 0) is 36.2 Å². The number of nitrogens with zero attached hydrogens (tertiary/aromatic N) is 3. The van der Waals surface area contributed by atoms with Gasteiger partial charge in [0, 0.05) is 38.1 Å². The number of unbranched alkanes of at least 4 members (excludes halogenated alkanes) is 1. The van der Waals surface area contributed by atoms with Crippen LogP contribution in [0.1, 0.15) is 56.4 Å². The lowest BCUT2D eigenvalue weighted by molar-refractivity contribution is 0.0652. The van der Waals surface area contributed by atoms with Crippen LogP contribution in [0.5, 0.6) is 0 Å². The Balaban J connectivity index is 1.79. The molecule has 1 aliphatic heterocycles. The minimum atomic E-state index is -0.317. The highest BCUT2D eigenvalue weighted by Crippen LogP contribution is 2.25. The first-order valence-corrected chi connectivity index (χ1v) is 8.67. The van der Waals surface area contributed by atoms with E-state index < -0.39 is 0 Å². The highest BCUT2D eigenvalue weighted by molar-refractivity contribution is 6.22. The largest absolute Gasteiger partial charge is 0.337 e. The van der Waals surface area contributed by atoms with Gasteiger partial charge in [0.1, 0.15) is 0 Å². The van der Waals surface area contributed by atoms with Crippen molar-refractivity contribution in [3.8, 4) is 0 Å². The normalized spacial score (nSPS) is 13.1. The van der Waals surface area contributed by atoms with Crippen LogP contribution in [-0.4, -0.2) is 46.1 Å². The molecule has 134 valence electrons. The number of carbonyl (C=O) groups excluding carboxylic acids is 3. The van der Waals surface area contributed by atoms with Gasteiger partial charge in [-0.1, -0.05) is 19.4 Å². The molecule has 0 saturated heterocycles. The molecule has 1 aliphatic rings. The van der Waals surface area contributed by atoms with Gasteiger partial charge in [-0.25, -0.2) is 0 Å². The Hall–Kier alpha value is -3.02. The van der Waals surface area contributed by atoms with Crippen LogP contribution < -0.4 is 0 Å². The molecule has 0 radical (unpaired) electrons. The third-order valence-corrected chi connectivity index (χ3v) is 4.44. The van der Waals surface area contributed by atoms with Gasteiger partial charge in [-0.15, -0.1) is 0 Å². The minimum Gasteiger partial charge on any atom is -0.337 e. The first kappa shape index (κ1) is 17.8. The molecule has 0 unspecified atom stereocenters. The maximum Gasteiger partial charge on any atom is 0.261 e. The Labute approximate surface area is 152 Å². The molecule has 26 heavy (non-hydrogen) atoms. The summed E-state index contributed by atoms with van der Waals surface area (Å²) in [5, 5.41) is 0. The van der Waals surface area contributed by atoms with Crippen LogP contribution in [-0.2, 0) is 6.54 Å². The van der Waals surface area contributed by atoms with Crippen LogP contribution in [0.2, 0.25) is 0 Å². The van der Waals surface area contributed by atoms with E-state index in [2.05, 4.69) is 4.98 Å². The molecular weight excluding hydrogens is 330 g/mol. The number of carbonyl (C=O) groups is 3. The third kappa shape index (κ3) is 3.35. The molecule has 0 spiro atoms. The maximum absolute atomic E-state index is 12.7. The molecule has 1 aromatic carbocycles. The van der Waals surface area contributed by atoms with Crippen LogP contribution in [0.3, 0.4) is 0 Å². The van der Waals surface area contributed by atoms with E-state index >= 15 is 0 Å². The lowest BCUT2D eigenvalue weighted by atomic mass is 10.0. The van der Waals surface area contributed by atoms with Crippen molar-refractivity contribution in [2.45, 2.75) is 26.3 Å². The summed E-state index contributed by atoms with van der Waals surface area (Å²) >= 11 is 0. The number of hydrogen-bond acceptors (Lipinski definition) is 4. The zero-order chi connectivity index (χ0) is 18.7. The van der Waals surface area contributed by atoms with E-state index in [0.29, 0.717) is 29.8 Å². The quantitative estimate of drug-likeness (QED) is 0.750.